The van der Waals surface area contributed by atoms with Gasteiger partial charge in [-0.15, -0.1) is 0 Å². The number of carbonyl (C=O) groups excluding carboxylic acids is 1. The Morgan fingerprint density at radius 1 is 0.971 bits per heavy atom. The Morgan fingerprint density at radius 2 is 1.68 bits per heavy atom. The van der Waals surface area contributed by atoms with Crippen LogP contribution >= 0.6 is 0 Å². The molecule has 6 nitrogen and oxygen atoms in total. The van der Waals surface area contributed by atoms with Gasteiger partial charge in [-0.2, -0.15) is 0 Å². The number of methoxy groups -OCH3 is 1. The van der Waals surface area contributed by atoms with Crippen LogP contribution < -0.4 is 15.0 Å². The average molecular weight is 459 g/mol. The number of hydrogen-bond acceptors (Lipinski definition) is 4. The molecule has 1 unspecified atom stereocenters. The van der Waals surface area contributed by atoms with Crippen molar-refractivity contribution in [2.75, 3.05) is 25.1 Å². The summed E-state index contributed by atoms with van der Waals surface area (Å²) in [5, 5.41) is 12.5. The Morgan fingerprint density at radius 3 is 2.38 bits per heavy atom. The van der Waals surface area contributed by atoms with Crippen molar-refractivity contribution in [2.24, 2.45) is 0 Å². The summed E-state index contributed by atoms with van der Waals surface area (Å²) < 4.78 is 5.21. The van der Waals surface area contributed by atoms with E-state index in [0.29, 0.717) is 5.56 Å². The number of piperidine rings is 1. The van der Waals surface area contributed by atoms with Gasteiger partial charge in [-0.3, -0.25) is 4.79 Å². The highest BCUT2D eigenvalue weighted by molar-refractivity contribution is 5.91. The van der Waals surface area contributed by atoms with Gasteiger partial charge in [0.05, 0.1) is 19.6 Å². The second-order valence-corrected chi connectivity index (χ2v) is 8.53. The first-order chi connectivity index (χ1) is 16.6. The Bertz CT molecular complexity index is 1140. The van der Waals surface area contributed by atoms with Crippen LogP contribution in [-0.2, 0) is 11.2 Å². The second-order valence-electron chi connectivity index (χ2n) is 8.53. The molecule has 6 heteroatoms. The van der Waals surface area contributed by atoms with Gasteiger partial charge in [0.1, 0.15) is 11.3 Å². The minimum Gasteiger partial charge on any atom is -0.496 e. The van der Waals surface area contributed by atoms with Crippen LogP contribution in [-0.4, -0.2) is 37.2 Å². The van der Waals surface area contributed by atoms with Gasteiger partial charge in [0, 0.05) is 24.3 Å². The number of aromatic carboxylic acids is 1. The molecule has 1 saturated heterocycles. The lowest BCUT2D eigenvalue weighted by atomic mass is 9.95. The Hall–Kier alpha value is -3.80. The maximum absolute atomic E-state index is 13.2. The van der Waals surface area contributed by atoms with Gasteiger partial charge in [-0.1, -0.05) is 54.6 Å². The highest BCUT2D eigenvalue weighted by Crippen LogP contribution is 2.32. The van der Waals surface area contributed by atoms with Gasteiger partial charge in [-0.05, 0) is 48.6 Å². The fraction of sp³-hybridized carbons (Fsp3) is 0.286. The maximum Gasteiger partial charge on any atom is 0.339 e. The number of para-hydroxylation sites is 1. The van der Waals surface area contributed by atoms with Crippen LogP contribution in [0.4, 0.5) is 5.69 Å². The normalized spacial score (nSPS) is 14.3. The van der Waals surface area contributed by atoms with Crippen LogP contribution in [0.15, 0.2) is 72.8 Å². The van der Waals surface area contributed by atoms with Crippen molar-refractivity contribution < 1.29 is 19.4 Å². The predicted molar refractivity (Wildman–Crippen MR) is 133 cm³/mol. The van der Waals surface area contributed by atoms with Gasteiger partial charge >= 0.3 is 5.97 Å². The molecule has 176 valence electrons. The number of carboxylic acids is 1. The average Bonchev–Trinajstić information content (AvgIpc) is 2.88. The van der Waals surface area contributed by atoms with Crippen LogP contribution in [0.5, 0.6) is 5.75 Å². The first-order valence-electron chi connectivity index (χ1n) is 11.6. The predicted octanol–water partition coefficient (Wildman–Crippen LogP) is 4.83. The third-order valence-electron chi connectivity index (χ3n) is 6.24. The van der Waals surface area contributed by atoms with E-state index in [2.05, 4.69) is 22.3 Å². The van der Waals surface area contributed by atoms with Crippen molar-refractivity contribution in [3.05, 3.63) is 95.1 Å². The van der Waals surface area contributed by atoms with E-state index in [1.54, 1.807) is 12.1 Å². The number of amides is 1. The van der Waals surface area contributed by atoms with E-state index in [-0.39, 0.29) is 29.7 Å². The number of nitrogens with zero attached hydrogens (tertiary/aromatic N) is 1. The molecule has 1 aliphatic rings. The molecule has 1 heterocycles. The largest absolute Gasteiger partial charge is 0.496 e. The van der Waals surface area contributed by atoms with Crippen LogP contribution in [0, 0.1) is 0 Å². The fourth-order valence-electron chi connectivity index (χ4n) is 4.56. The molecule has 0 saturated carbocycles. The van der Waals surface area contributed by atoms with E-state index in [4.69, 9.17) is 4.74 Å². The first kappa shape index (κ1) is 23.4. The highest BCUT2D eigenvalue weighted by atomic mass is 16.5. The lowest BCUT2D eigenvalue weighted by Crippen LogP contribution is -2.34. The van der Waals surface area contributed by atoms with Crippen LogP contribution in [0.1, 0.15) is 52.4 Å². The molecule has 3 aromatic carbocycles. The van der Waals surface area contributed by atoms with Crippen LogP contribution in [0.3, 0.4) is 0 Å². The fourth-order valence-corrected chi connectivity index (χ4v) is 4.56. The molecule has 0 aliphatic carbocycles. The van der Waals surface area contributed by atoms with E-state index in [0.717, 1.165) is 29.9 Å². The topological polar surface area (TPSA) is 78.9 Å². The van der Waals surface area contributed by atoms with E-state index in [1.165, 1.54) is 32.4 Å². The van der Waals surface area contributed by atoms with Gasteiger partial charge in [0.2, 0.25) is 5.91 Å². The van der Waals surface area contributed by atoms with Crippen molar-refractivity contribution in [2.45, 2.75) is 31.7 Å². The molecule has 3 aromatic rings. The number of carboxylic acid groups (broad SMARTS) is 1. The highest BCUT2D eigenvalue weighted by Gasteiger charge is 2.23. The summed E-state index contributed by atoms with van der Waals surface area (Å²) in [6, 6.07) is 22.7. The molecular formula is C28H30N2O4. The second kappa shape index (κ2) is 10.9. The summed E-state index contributed by atoms with van der Waals surface area (Å²) >= 11 is 0. The molecule has 0 bridgehead atoms. The minimum absolute atomic E-state index is 0.0734. The van der Waals surface area contributed by atoms with Crippen molar-refractivity contribution >= 4 is 17.6 Å². The number of nitrogens with one attached hydrogen (secondary N) is 1. The summed E-state index contributed by atoms with van der Waals surface area (Å²) in [4.78, 5) is 27.0. The summed E-state index contributed by atoms with van der Waals surface area (Å²) in [6.45, 7) is 2.03. The van der Waals surface area contributed by atoms with Gasteiger partial charge in [0.25, 0.3) is 0 Å². The molecule has 0 spiro atoms. The number of hydrogen-bond donors (Lipinski definition) is 2. The van der Waals surface area contributed by atoms with Crippen LogP contribution in [0.25, 0.3) is 0 Å². The molecule has 0 radical (unpaired) electrons. The zero-order valence-electron chi connectivity index (χ0n) is 19.4. The maximum atomic E-state index is 13.2. The smallest absolute Gasteiger partial charge is 0.339 e. The van der Waals surface area contributed by atoms with Crippen LogP contribution in [0.2, 0.25) is 0 Å². The Balaban J connectivity index is 1.61. The molecular weight excluding hydrogens is 428 g/mol. The third kappa shape index (κ3) is 5.39. The summed E-state index contributed by atoms with van der Waals surface area (Å²) in [5.41, 5.74) is 4.01. The monoisotopic (exact) mass is 458 g/mol. The van der Waals surface area contributed by atoms with Crippen molar-refractivity contribution in [1.29, 1.82) is 0 Å². The van der Waals surface area contributed by atoms with E-state index in [9.17, 15) is 14.7 Å². The first-order valence-corrected chi connectivity index (χ1v) is 11.6. The van der Waals surface area contributed by atoms with Gasteiger partial charge in [0.15, 0.2) is 0 Å². The number of ether oxygens (including phenoxy) is 1. The number of rotatable bonds is 8. The van der Waals surface area contributed by atoms with Gasteiger partial charge < -0.3 is 20.1 Å². The summed E-state index contributed by atoms with van der Waals surface area (Å²) in [5.74, 6) is -0.966. The quantitative estimate of drug-likeness (QED) is 0.505. The van der Waals surface area contributed by atoms with Crippen molar-refractivity contribution in [3.63, 3.8) is 0 Å². The zero-order chi connectivity index (χ0) is 23.9. The molecule has 1 fully saturated rings. The van der Waals surface area contributed by atoms with Gasteiger partial charge in [-0.25, -0.2) is 4.79 Å². The molecule has 1 amide bonds. The van der Waals surface area contributed by atoms with Crippen molar-refractivity contribution in [3.8, 4) is 5.75 Å². The molecule has 34 heavy (non-hydrogen) atoms. The molecule has 2 N–H and O–H groups in total. The molecule has 4 rings (SSSR count). The van der Waals surface area contributed by atoms with E-state index >= 15 is 0 Å². The summed E-state index contributed by atoms with van der Waals surface area (Å²) in [7, 11) is 1.43. The third-order valence-corrected chi connectivity index (χ3v) is 6.24. The lowest BCUT2D eigenvalue weighted by Gasteiger charge is -2.33. The zero-order valence-corrected chi connectivity index (χ0v) is 19.4. The number of carbonyl (C=O) groups is 2. The minimum atomic E-state index is -1.06. The lowest BCUT2D eigenvalue weighted by molar-refractivity contribution is -0.120. The number of benzene rings is 3. The molecule has 1 aliphatic heterocycles. The van der Waals surface area contributed by atoms with Crippen molar-refractivity contribution in [1.82, 2.24) is 5.32 Å². The summed E-state index contributed by atoms with van der Waals surface area (Å²) in [6.07, 6.45) is 3.71. The van der Waals surface area contributed by atoms with E-state index < -0.39 is 5.97 Å². The SMILES string of the molecule is COc1cc(CC(=O)NC(c2ccccc2)c2ccccc2N2CCCCC2)ccc1C(=O)O. The standard InChI is InChI=1S/C28H30N2O4/c1-34-25-18-20(14-15-23(25)28(32)33)19-26(31)29-27(21-10-4-2-5-11-21)22-12-6-7-13-24(22)30-16-8-3-9-17-30/h2,4-7,10-15,18,27H,3,8-9,16-17,19H2,1H3,(H,29,31)(H,32,33). The van der Waals surface area contributed by atoms with E-state index in [1.807, 2.05) is 42.5 Å². The Labute approximate surface area is 200 Å². The Kier molecular flexibility index (Phi) is 7.48. The molecule has 1 atom stereocenters. The number of anilines is 1. The molecule has 0 aromatic heterocycles.